The normalized spacial score (nSPS) is 11.5. The molecule has 0 amide bonds. The maximum atomic E-state index is 12.9. The van der Waals surface area contributed by atoms with Gasteiger partial charge in [-0.25, -0.2) is 18.4 Å². The number of benzene rings is 3. The highest BCUT2D eigenvalue weighted by molar-refractivity contribution is 7.88. The fraction of sp³-hybridized carbons (Fsp3) is 0.167. The first-order chi connectivity index (χ1) is 16.9. The molecule has 35 heavy (non-hydrogen) atoms. The molecule has 0 aliphatic carbocycles. The fourth-order valence-electron chi connectivity index (χ4n) is 3.27. The van der Waals surface area contributed by atoms with Crippen molar-refractivity contribution >= 4 is 32.6 Å². The minimum absolute atomic E-state index is 0.0215. The van der Waals surface area contributed by atoms with Gasteiger partial charge in [0.2, 0.25) is 0 Å². The SMILES string of the molecule is COc1cc(Nc2nc3ccccc3nc2CON(OC)S(=O)(=O)c2ccccc2)cc(OC)c1. The zero-order valence-electron chi connectivity index (χ0n) is 19.3. The van der Waals surface area contributed by atoms with Gasteiger partial charge in [0.05, 0.1) is 41.9 Å². The molecular weight excluding hydrogens is 472 g/mol. The van der Waals surface area contributed by atoms with Crippen molar-refractivity contribution in [2.75, 3.05) is 26.6 Å². The first-order valence-corrected chi connectivity index (χ1v) is 11.9. The smallest absolute Gasteiger partial charge is 0.288 e. The van der Waals surface area contributed by atoms with Crippen LogP contribution >= 0.6 is 0 Å². The summed E-state index contributed by atoms with van der Waals surface area (Å²) >= 11 is 0. The van der Waals surface area contributed by atoms with Crippen molar-refractivity contribution in [3.05, 3.63) is 78.5 Å². The number of fused-ring (bicyclic) bond motifs is 1. The summed E-state index contributed by atoms with van der Waals surface area (Å²) in [6.45, 7) is -0.249. The molecule has 0 aliphatic heterocycles. The minimum atomic E-state index is -4.07. The first kappa shape index (κ1) is 24.4. The van der Waals surface area contributed by atoms with Gasteiger partial charge in [-0.2, -0.15) is 0 Å². The maximum absolute atomic E-state index is 12.9. The molecule has 0 atom stereocenters. The Bertz CT molecular complexity index is 1390. The van der Waals surface area contributed by atoms with Crippen LogP contribution in [0.3, 0.4) is 0 Å². The molecule has 0 spiro atoms. The van der Waals surface area contributed by atoms with Gasteiger partial charge in [-0.15, -0.1) is 0 Å². The number of rotatable bonds is 10. The third-order valence-corrected chi connectivity index (χ3v) is 6.46. The fourth-order valence-corrected chi connectivity index (χ4v) is 4.33. The van der Waals surface area contributed by atoms with Gasteiger partial charge in [-0.05, 0) is 24.3 Å². The molecule has 0 saturated carbocycles. The van der Waals surface area contributed by atoms with Gasteiger partial charge in [-0.1, -0.05) is 30.3 Å². The summed E-state index contributed by atoms with van der Waals surface area (Å²) in [6, 6.07) is 20.4. The van der Waals surface area contributed by atoms with Crippen molar-refractivity contribution in [1.82, 2.24) is 14.6 Å². The minimum Gasteiger partial charge on any atom is -0.497 e. The summed E-state index contributed by atoms with van der Waals surface area (Å²) in [7, 11) is 0.248. The second-order valence-electron chi connectivity index (χ2n) is 7.20. The summed E-state index contributed by atoms with van der Waals surface area (Å²) < 4.78 is 37.0. The Morgan fingerprint density at radius 1 is 0.829 bits per heavy atom. The van der Waals surface area contributed by atoms with E-state index in [0.717, 1.165) is 0 Å². The van der Waals surface area contributed by atoms with E-state index in [1.165, 1.54) is 19.2 Å². The second-order valence-corrected chi connectivity index (χ2v) is 8.92. The lowest BCUT2D eigenvalue weighted by Crippen LogP contribution is -2.30. The zero-order chi connectivity index (χ0) is 24.8. The molecule has 11 heteroatoms. The van der Waals surface area contributed by atoms with Crippen LogP contribution in [-0.2, 0) is 26.3 Å². The van der Waals surface area contributed by atoms with Crippen LogP contribution in [0.2, 0.25) is 0 Å². The summed E-state index contributed by atoms with van der Waals surface area (Å²) in [6.07, 6.45) is 0. The molecule has 1 heterocycles. The molecular formula is C24H24N4O6S. The predicted molar refractivity (Wildman–Crippen MR) is 130 cm³/mol. The van der Waals surface area contributed by atoms with E-state index in [4.69, 9.17) is 19.1 Å². The highest BCUT2D eigenvalue weighted by atomic mass is 32.2. The molecule has 1 N–H and O–H groups in total. The van der Waals surface area contributed by atoms with Crippen molar-refractivity contribution in [2.45, 2.75) is 11.5 Å². The third-order valence-electron chi connectivity index (χ3n) is 4.95. The van der Waals surface area contributed by atoms with Gasteiger partial charge in [-0.3, -0.25) is 9.68 Å². The standard InChI is InChI=1S/C24H24N4O6S/c1-31-18-13-17(14-19(15-18)32-2)25-24-23(26-21-11-7-8-12-22(21)27-24)16-34-28(33-3)35(29,30)20-9-5-4-6-10-20/h4-15H,16H2,1-3H3,(H,25,27). The average molecular weight is 497 g/mol. The van der Waals surface area contributed by atoms with E-state index in [0.29, 0.717) is 44.4 Å². The van der Waals surface area contributed by atoms with Crippen molar-refractivity contribution in [3.63, 3.8) is 0 Å². The van der Waals surface area contributed by atoms with Crippen molar-refractivity contribution < 1.29 is 27.6 Å². The molecule has 4 rings (SSSR count). The van der Waals surface area contributed by atoms with Gasteiger partial charge in [0.1, 0.15) is 23.8 Å². The molecule has 0 fully saturated rings. The quantitative estimate of drug-likeness (QED) is 0.325. The summed E-state index contributed by atoms with van der Waals surface area (Å²) in [5.74, 6) is 1.53. The number of nitrogens with one attached hydrogen (secondary N) is 1. The number of hydrogen-bond donors (Lipinski definition) is 1. The van der Waals surface area contributed by atoms with E-state index in [9.17, 15) is 8.42 Å². The Morgan fingerprint density at radius 2 is 1.43 bits per heavy atom. The molecule has 0 aliphatic rings. The van der Waals surface area contributed by atoms with Crippen molar-refractivity contribution in [2.24, 2.45) is 0 Å². The maximum Gasteiger partial charge on any atom is 0.288 e. The third kappa shape index (κ3) is 5.49. The van der Waals surface area contributed by atoms with E-state index in [1.54, 1.807) is 56.7 Å². The van der Waals surface area contributed by atoms with E-state index < -0.39 is 10.0 Å². The van der Waals surface area contributed by atoms with Gasteiger partial charge in [0.15, 0.2) is 5.82 Å². The van der Waals surface area contributed by atoms with Crippen molar-refractivity contribution in [3.8, 4) is 11.5 Å². The van der Waals surface area contributed by atoms with Gasteiger partial charge < -0.3 is 14.8 Å². The summed E-state index contributed by atoms with van der Waals surface area (Å²) in [4.78, 5) is 19.9. The first-order valence-electron chi connectivity index (χ1n) is 10.5. The Labute approximate surface area is 203 Å². The largest absolute Gasteiger partial charge is 0.497 e. The van der Waals surface area contributed by atoms with E-state index in [2.05, 4.69) is 15.3 Å². The highest BCUT2D eigenvalue weighted by Crippen LogP contribution is 2.29. The van der Waals surface area contributed by atoms with Crippen LogP contribution in [0.25, 0.3) is 11.0 Å². The zero-order valence-corrected chi connectivity index (χ0v) is 20.2. The highest BCUT2D eigenvalue weighted by Gasteiger charge is 2.27. The number of nitrogens with zero attached hydrogens (tertiary/aromatic N) is 3. The molecule has 0 bridgehead atoms. The topological polar surface area (TPSA) is 112 Å². The summed E-state index contributed by atoms with van der Waals surface area (Å²) in [5.41, 5.74) is 2.26. The Hall–Kier alpha value is -3.77. The molecule has 0 radical (unpaired) electrons. The predicted octanol–water partition coefficient (Wildman–Crippen LogP) is 4.07. The lowest BCUT2D eigenvalue weighted by molar-refractivity contribution is -0.293. The van der Waals surface area contributed by atoms with Crippen LogP contribution in [0.5, 0.6) is 11.5 Å². The van der Waals surface area contributed by atoms with Crippen LogP contribution in [0, 0.1) is 0 Å². The van der Waals surface area contributed by atoms with Crippen LogP contribution in [0.4, 0.5) is 11.5 Å². The molecule has 10 nitrogen and oxygen atoms in total. The second kappa shape index (κ2) is 10.7. The summed E-state index contributed by atoms with van der Waals surface area (Å²) in [5, 5.41) is 3.20. The number of para-hydroxylation sites is 2. The Kier molecular flexibility index (Phi) is 7.42. The Balaban J connectivity index is 1.67. The molecule has 3 aromatic carbocycles. The van der Waals surface area contributed by atoms with Gasteiger partial charge in [0.25, 0.3) is 10.0 Å². The number of aromatic nitrogens is 2. The van der Waals surface area contributed by atoms with E-state index in [-0.39, 0.29) is 11.5 Å². The molecule has 0 saturated heterocycles. The molecule has 1 aromatic heterocycles. The average Bonchev–Trinajstić information content (AvgIpc) is 2.89. The number of ether oxygens (including phenoxy) is 2. The number of anilines is 2. The van der Waals surface area contributed by atoms with E-state index in [1.807, 2.05) is 18.2 Å². The molecule has 0 unspecified atom stereocenters. The number of hydrogen-bond acceptors (Lipinski definition) is 9. The van der Waals surface area contributed by atoms with Crippen LogP contribution in [0.15, 0.2) is 77.7 Å². The van der Waals surface area contributed by atoms with Gasteiger partial charge >= 0.3 is 0 Å². The molecule has 182 valence electrons. The Morgan fingerprint density at radius 3 is 2.03 bits per heavy atom. The monoisotopic (exact) mass is 496 g/mol. The van der Waals surface area contributed by atoms with Gasteiger partial charge in [0, 0.05) is 23.9 Å². The lowest BCUT2D eigenvalue weighted by atomic mass is 10.2. The van der Waals surface area contributed by atoms with Crippen LogP contribution in [-0.4, -0.2) is 44.3 Å². The van der Waals surface area contributed by atoms with Crippen molar-refractivity contribution in [1.29, 1.82) is 0 Å². The number of methoxy groups -OCH3 is 2. The molecule has 4 aromatic rings. The van der Waals surface area contributed by atoms with Crippen LogP contribution in [0.1, 0.15) is 5.69 Å². The van der Waals surface area contributed by atoms with Crippen LogP contribution < -0.4 is 14.8 Å². The van der Waals surface area contributed by atoms with E-state index >= 15 is 0 Å². The number of sulfonamides is 1. The lowest BCUT2D eigenvalue weighted by Gasteiger charge is -2.19.